The quantitative estimate of drug-likeness (QED) is 0.494. The maximum Gasteiger partial charge on any atom is 0.413 e. The fourth-order valence-electron chi connectivity index (χ4n) is 1.70. The monoisotopic (exact) mass is 390 g/mol. The van der Waals surface area contributed by atoms with E-state index in [-0.39, 0.29) is 24.3 Å². The number of amides is 2. The van der Waals surface area contributed by atoms with E-state index in [1.807, 2.05) is 5.32 Å². The Kier molecular flexibility index (Phi) is 8.13. The first-order chi connectivity index (χ1) is 12.2. The van der Waals surface area contributed by atoms with Crippen LogP contribution in [-0.4, -0.2) is 46.1 Å². The van der Waals surface area contributed by atoms with Crippen molar-refractivity contribution in [3.63, 3.8) is 0 Å². The molecule has 0 aromatic heterocycles. The van der Waals surface area contributed by atoms with Crippen molar-refractivity contribution < 1.29 is 36.7 Å². The number of carbonyl (C=O) groups excluding carboxylic acids is 3. The minimum absolute atomic E-state index is 0.0580. The van der Waals surface area contributed by atoms with E-state index in [1.54, 1.807) is 0 Å². The third kappa shape index (κ3) is 7.15. The van der Waals surface area contributed by atoms with Gasteiger partial charge in [0.25, 0.3) is 5.91 Å². The van der Waals surface area contributed by atoms with Gasteiger partial charge in [-0.15, -0.1) is 0 Å². The molecule has 0 aliphatic heterocycles. The normalized spacial score (nSPS) is 12.1. The molecule has 0 fully saturated rings. The maximum absolute atomic E-state index is 12.8. The molecule has 1 rings (SSSR count). The van der Waals surface area contributed by atoms with Gasteiger partial charge in [-0.2, -0.15) is 0 Å². The zero-order chi connectivity index (χ0) is 19.7. The van der Waals surface area contributed by atoms with Crippen molar-refractivity contribution in [2.24, 2.45) is 0 Å². The third-order valence-corrected chi connectivity index (χ3v) is 4.54. The Morgan fingerprint density at radius 3 is 2.38 bits per heavy atom. The molecule has 0 aliphatic rings. The number of imide groups is 1. The first kappa shape index (κ1) is 21.5. The number of nitrogens with one attached hydrogen (secondary N) is 2. The van der Waals surface area contributed by atoms with Crippen molar-refractivity contribution in [1.29, 1.82) is 0 Å². The highest BCUT2D eigenvalue weighted by atomic mass is 32.2. The fourth-order valence-corrected chi connectivity index (χ4v) is 2.77. The van der Waals surface area contributed by atoms with Gasteiger partial charge in [-0.25, -0.2) is 22.3 Å². The number of carbonyl (C=O) groups is 3. The van der Waals surface area contributed by atoms with Gasteiger partial charge in [0.1, 0.15) is 5.82 Å². The largest absolute Gasteiger partial charge is 0.453 e. The molecular formula is C15H19FN2O7S. The van der Waals surface area contributed by atoms with E-state index in [4.69, 9.17) is 4.74 Å². The number of benzene rings is 1. The van der Waals surface area contributed by atoms with Crippen LogP contribution in [0, 0.1) is 5.82 Å². The summed E-state index contributed by atoms with van der Waals surface area (Å²) in [6, 6.07) is 4.28. The average molecular weight is 390 g/mol. The molecule has 26 heavy (non-hydrogen) atoms. The number of esters is 1. The van der Waals surface area contributed by atoms with Crippen molar-refractivity contribution in [1.82, 2.24) is 10.0 Å². The third-order valence-electron chi connectivity index (χ3n) is 3.06. The molecule has 2 N–H and O–H groups in total. The van der Waals surface area contributed by atoms with E-state index in [2.05, 4.69) is 9.46 Å². The van der Waals surface area contributed by atoms with Crippen LogP contribution in [0.3, 0.4) is 0 Å². The number of hydrogen-bond acceptors (Lipinski definition) is 7. The van der Waals surface area contributed by atoms with Crippen LogP contribution in [0.5, 0.6) is 0 Å². The lowest BCUT2D eigenvalue weighted by atomic mass is 10.3. The number of halogens is 1. The van der Waals surface area contributed by atoms with Crippen molar-refractivity contribution in [3.05, 3.63) is 30.1 Å². The summed E-state index contributed by atoms with van der Waals surface area (Å²) in [7, 11) is -2.74. The molecule has 1 aromatic rings. The Hall–Kier alpha value is -2.53. The summed E-state index contributed by atoms with van der Waals surface area (Å²) in [5.74, 6) is -2.14. The summed E-state index contributed by atoms with van der Waals surface area (Å²) < 4.78 is 48.0. The number of methoxy groups -OCH3 is 1. The van der Waals surface area contributed by atoms with Crippen molar-refractivity contribution in [2.75, 3.05) is 13.7 Å². The van der Waals surface area contributed by atoms with Gasteiger partial charge in [-0.1, -0.05) is 0 Å². The second kappa shape index (κ2) is 9.82. The van der Waals surface area contributed by atoms with Gasteiger partial charge in [0.2, 0.25) is 10.0 Å². The van der Waals surface area contributed by atoms with Gasteiger partial charge < -0.3 is 9.47 Å². The highest BCUT2D eigenvalue weighted by Crippen LogP contribution is 2.09. The fraction of sp³-hybridized carbons (Fsp3) is 0.400. The zero-order valence-electron chi connectivity index (χ0n) is 14.2. The van der Waals surface area contributed by atoms with Gasteiger partial charge in [0.15, 0.2) is 6.10 Å². The topological polar surface area (TPSA) is 128 Å². The van der Waals surface area contributed by atoms with Crippen LogP contribution in [0.15, 0.2) is 29.2 Å². The van der Waals surface area contributed by atoms with Gasteiger partial charge >= 0.3 is 12.1 Å². The second-order valence-electron chi connectivity index (χ2n) is 5.07. The summed E-state index contributed by atoms with van der Waals surface area (Å²) in [4.78, 5) is 33.9. The van der Waals surface area contributed by atoms with Crippen LogP contribution in [-0.2, 0) is 29.1 Å². The second-order valence-corrected chi connectivity index (χ2v) is 6.84. The lowest BCUT2D eigenvalue weighted by Gasteiger charge is -2.12. The summed E-state index contributed by atoms with van der Waals surface area (Å²) in [5.41, 5.74) is 0. The number of hydrogen-bond donors (Lipinski definition) is 2. The molecule has 9 nitrogen and oxygen atoms in total. The summed E-state index contributed by atoms with van der Waals surface area (Å²) in [6.45, 7) is 1.21. The van der Waals surface area contributed by atoms with Crippen LogP contribution >= 0.6 is 0 Å². The molecule has 1 atom stereocenters. The van der Waals surface area contributed by atoms with Crippen molar-refractivity contribution in [2.45, 2.75) is 30.8 Å². The Morgan fingerprint density at radius 1 is 1.19 bits per heavy atom. The Morgan fingerprint density at radius 2 is 1.81 bits per heavy atom. The van der Waals surface area contributed by atoms with Crippen LogP contribution in [0.25, 0.3) is 0 Å². The van der Waals surface area contributed by atoms with E-state index >= 15 is 0 Å². The standard InChI is InChI=1S/C15H19FN2O7S/c1-10(14(20)18-15(21)24-2)25-13(19)4-3-9-17-26(22,23)12-7-5-11(16)6-8-12/h5-8,10,17H,3-4,9H2,1-2H3,(H,18,20,21)/t10-/m0/s1. The van der Waals surface area contributed by atoms with Gasteiger partial charge in [-0.05, 0) is 37.6 Å². The van der Waals surface area contributed by atoms with Crippen LogP contribution in [0.2, 0.25) is 0 Å². The molecule has 0 heterocycles. The molecule has 0 saturated heterocycles. The molecule has 1 aromatic carbocycles. The van der Waals surface area contributed by atoms with Crippen molar-refractivity contribution >= 4 is 28.0 Å². The van der Waals surface area contributed by atoms with Crippen LogP contribution in [0.4, 0.5) is 9.18 Å². The minimum atomic E-state index is -3.81. The molecule has 0 spiro atoms. The first-order valence-electron chi connectivity index (χ1n) is 7.49. The van der Waals surface area contributed by atoms with Crippen LogP contribution < -0.4 is 10.0 Å². The lowest BCUT2D eigenvalue weighted by molar-refractivity contribution is -0.154. The lowest BCUT2D eigenvalue weighted by Crippen LogP contribution is -2.39. The molecular weight excluding hydrogens is 371 g/mol. The number of ether oxygens (including phenoxy) is 2. The van der Waals surface area contributed by atoms with Crippen molar-refractivity contribution in [3.8, 4) is 0 Å². The Balaban J connectivity index is 2.36. The average Bonchev–Trinajstić information content (AvgIpc) is 2.58. The molecule has 11 heteroatoms. The van der Waals surface area contributed by atoms with E-state index in [1.165, 1.54) is 6.92 Å². The van der Waals surface area contributed by atoms with E-state index in [0.717, 1.165) is 31.4 Å². The predicted molar refractivity (Wildman–Crippen MR) is 86.9 cm³/mol. The molecule has 144 valence electrons. The summed E-state index contributed by atoms with van der Waals surface area (Å²) in [6.07, 6.45) is -2.22. The number of rotatable bonds is 8. The van der Waals surface area contributed by atoms with Gasteiger partial charge in [0, 0.05) is 13.0 Å². The highest BCUT2D eigenvalue weighted by molar-refractivity contribution is 7.89. The Labute approximate surface area is 149 Å². The first-order valence-corrected chi connectivity index (χ1v) is 8.97. The minimum Gasteiger partial charge on any atom is -0.453 e. The molecule has 2 amide bonds. The maximum atomic E-state index is 12.8. The molecule has 0 saturated carbocycles. The van der Waals surface area contributed by atoms with E-state index < -0.39 is 39.9 Å². The molecule has 0 radical (unpaired) electrons. The predicted octanol–water partition coefficient (Wildman–Crippen LogP) is 0.698. The number of alkyl carbamates (subject to hydrolysis) is 1. The highest BCUT2D eigenvalue weighted by Gasteiger charge is 2.20. The van der Waals surface area contributed by atoms with Gasteiger partial charge in [-0.3, -0.25) is 14.9 Å². The molecule has 0 unspecified atom stereocenters. The smallest absolute Gasteiger partial charge is 0.413 e. The van der Waals surface area contributed by atoms with E-state index in [0.29, 0.717) is 0 Å². The molecule has 0 aliphatic carbocycles. The zero-order valence-corrected chi connectivity index (χ0v) is 15.0. The summed E-state index contributed by atoms with van der Waals surface area (Å²) in [5, 5.41) is 1.85. The number of sulfonamides is 1. The van der Waals surface area contributed by atoms with Gasteiger partial charge in [0.05, 0.1) is 12.0 Å². The Bertz CT molecular complexity index is 750. The van der Waals surface area contributed by atoms with Crippen LogP contribution in [0.1, 0.15) is 19.8 Å². The SMILES string of the molecule is COC(=O)NC(=O)[C@H](C)OC(=O)CCCNS(=O)(=O)c1ccc(F)cc1. The molecule has 0 bridgehead atoms. The van der Waals surface area contributed by atoms with E-state index in [9.17, 15) is 27.2 Å². The summed E-state index contributed by atoms with van der Waals surface area (Å²) >= 11 is 0.